The van der Waals surface area contributed by atoms with Crippen molar-refractivity contribution in [3.63, 3.8) is 0 Å². The Labute approximate surface area is 115 Å². The third-order valence-corrected chi connectivity index (χ3v) is 3.62. The van der Waals surface area contributed by atoms with E-state index in [1.165, 1.54) is 5.56 Å². The first-order valence-electron chi connectivity index (χ1n) is 6.17. The van der Waals surface area contributed by atoms with E-state index in [9.17, 15) is 0 Å². The Bertz CT molecular complexity index is 780. The fourth-order valence-electron chi connectivity index (χ4n) is 2.24. The number of aromatic nitrogens is 5. The van der Waals surface area contributed by atoms with Crippen LogP contribution in [-0.4, -0.2) is 24.3 Å². The van der Waals surface area contributed by atoms with E-state index in [0.29, 0.717) is 0 Å². The van der Waals surface area contributed by atoms with Crippen molar-refractivity contribution in [2.45, 2.75) is 19.9 Å². The molecule has 2 heterocycles. The number of nitrogens with zero attached hydrogens (tertiary/aromatic N) is 4. The molecular weight excluding hydrogens is 258 g/mol. The summed E-state index contributed by atoms with van der Waals surface area (Å²) < 4.78 is 4.80. The first kappa shape index (κ1) is 12.1. The number of H-pyrrole nitrogens is 1. The highest BCUT2D eigenvalue weighted by Gasteiger charge is 2.06. The summed E-state index contributed by atoms with van der Waals surface area (Å²) in [6, 6.07) is 6.32. The Morgan fingerprint density at radius 1 is 1.37 bits per heavy atom. The predicted molar refractivity (Wildman–Crippen MR) is 76.6 cm³/mol. The van der Waals surface area contributed by atoms with Crippen molar-refractivity contribution in [2.75, 3.05) is 0 Å². The van der Waals surface area contributed by atoms with E-state index in [1.807, 2.05) is 11.6 Å². The molecule has 19 heavy (non-hydrogen) atoms. The zero-order valence-electron chi connectivity index (χ0n) is 10.9. The van der Waals surface area contributed by atoms with E-state index in [4.69, 9.17) is 12.2 Å². The van der Waals surface area contributed by atoms with Gasteiger partial charge in [0.15, 0.2) is 4.77 Å². The van der Waals surface area contributed by atoms with Crippen LogP contribution >= 0.6 is 12.2 Å². The zero-order chi connectivity index (χ0) is 13.4. The fourth-order valence-corrected chi connectivity index (χ4v) is 2.54. The summed E-state index contributed by atoms with van der Waals surface area (Å²) in [6.45, 7) is 2.88. The highest BCUT2D eigenvalue weighted by Crippen LogP contribution is 2.16. The Balaban J connectivity index is 1.95. The van der Waals surface area contributed by atoms with Gasteiger partial charge in [-0.2, -0.15) is 0 Å². The number of rotatable bonds is 3. The molecule has 0 bridgehead atoms. The van der Waals surface area contributed by atoms with E-state index in [0.717, 1.165) is 34.6 Å². The van der Waals surface area contributed by atoms with Gasteiger partial charge >= 0.3 is 0 Å². The van der Waals surface area contributed by atoms with Crippen molar-refractivity contribution in [3.8, 4) is 0 Å². The van der Waals surface area contributed by atoms with Crippen molar-refractivity contribution in [1.29, 1.82) is 0 Å². The number of imidazole rings is 1. The van der Waals surface area contributed by atoms with Crippen molar-refractivity contribution >= 4 is 23.3 Å². The largest absolute Gasteiger partial charge is 0.331 e. The molecule has 0 radical (unpaired) electrons. The molecule has 0 aliphatic carbocycles. The number of hydrogen-bond donors (Lipinski definition) is 1. The monoisotopic (exact) mass is 273 g/mol. The molecule has 0 fully saturated rings. The maximum absolute atomic E-state index is 5.39. The second kappa shape index (κ2) is 4.62. The molecule has 0 saturated heterocycles. The molecule has 0 amide bonds. The van der Waals surface area contributed by atoms with Crippen LogP contribution in [0.2, 0.25) is 0 Å². The standard InChI is InChI=1S/C13H15N5S/c1-9-3-4-11-10(7-9)15-13(19)18(11)6-5-12-16-14-8-17(12)2/h3-4,7-8H,5-6H2,1-2H3,(H,15,19). The molecule has 5 nitrogen and oxygen atoms in total. The Hall–Kier alpha value is -1.95. The smallest absolute Gasteiger partial charge is 0.178 e. The summed E-state index contributed by atoms with van der Waals surface area (Å²) >= 11 is 5.39. The van der Waals surface area contributed by atoms with Crippen LogP contribution < -0.4 is 0 Å². The third-order valence-electron chi connectivity index (χ3n) is 3.29. The Morgan fingerprint density at radius 2 is 2.21 bits per heavy atom. The van der Waals surface area contributed by atoms with Gasteiger partial charge in [0.2, 0.25) is 0 Å². The van der Waals surface area contributed by atoms with Gasteiger partial charge in [-0.05, 0) is 36.8 Å². The Kier molecular flexibility index (Phi) is 2.94. The number of hydrogen-bond acceptors (Lipinski definition) is 3. The van der Waals surface area contributed by atoms with Gasteiger partial charge in [-0.15, -0.1) is 10.2 Å². The molecule has 98 valence electrons. The minimum absolute atomic E-state index is 0.753. The van der Waals surface area contributed by atoms with Crippen LogP contribution in [0.3, 0.4) is 0 Å². The van der Waals surface area contributed by atoms with Gasteiger partial charge in [-0.3, -0.25) is 0 Å². The van der Waals surface area contributed by atoms with Gasteiger partial charge in [0.1, 0.15) is 12.2 Å². The van der Waals surface area contributed by atoms with Gasteiger partial charge in [-0.1, -0.05) is 6.07 Å². The average Bonchev–Trinajstić information content (AvgIpc) is 2.90. The van der Waals surface area contributed by atoms with Crippen LogP contribution in [0.1, 0.15) is 11.4 Å². The quantitative estimate of drug-likeness (QED) is 0.745. The fraction of sp³-hybridized carbons (Fsp3) is 0.308. The maximum Gasteiger partial charge on any atom is 0.178 e. The zero-order valence-corrected chi connectivity index (χ0v) is 11.7. The summed E-state index contributed by atoms with van der Waals surface area (Å²) in [5.41, 5.74) is 3.45. The molecule has 0 saturated carbocycles. The van der Waals surface area contributed by atoms with Crippen molar-refractivity contribution in [3.05, 3.63) is 40.7 Å². The summed E-state index contributed by atoms with van der Waals surface area (Å²) in [5.74, 6) is 0.961. The maximum atomic E-state index is 5.39. The number of fused-ring (bicyclic) bond motifs is 1. The van der Waals surface area contributed by atoms with Crippen molar-refractivity contribution in [1.82, 2.24) is 24.3 Å². The minimum atomic E-state index is 0.753. The van der Waals surface area contributed by atoms with Gasteiger partial charge in [0.05, 0.1) is 11.0 Å². The number of benzene rings is 1. The molecule has 0 aliphatic rings. The lowest BCUT2D eigenvalue weighted by molar-refractivity contribution is 0.656. The Morgan fingerprint density at radius 3 is 2.95 bits per heavy atom. The molecule has 6 heteroatoms. The minimum Gasteiger partial charge on any atom is -0.331 e. The highest BCUT2D eigenvalue weighted by atomic mass is 32.1. The lowest BCUT2D eigenvalue weighted by Gasteiger charge is -2.04. The van der Waals surface area contributed by atoms with Crippen molar-refractivity contribution < 1.29 is 0 Å². The van der Waals surface area contributed by atoms with Crippen LogP contribution in [0.5, 0.6) is 0 Å². The molecule has 2 aromatic heterocycles. The van der Waals surface area contributed by atoms with Gasteiger partial charge < -0.3 is 14.1 Å². The normalized spacial score (nSPS) is 11.3. The van der Waals surface area contributed by atoms with E-state index < -0.39 is 0 Å². The molecule has 0 atom stereocenters. The molecule has 0 spiro atoms. The van der Waals surface area contributed by atoms with Gasteiger partial charge in [-0.25, -0.2) is 0 Å². The summed E-state index contributed by atoms with van der Waals surface area (Å²) in [7, 11) is 1.95. The second-order valence-electron chi connectivity index (χ2n) is 4.71. The van der Waals surface area contributed by atoms with E-state index in [2.05, 4.69) is 44.9 Å². The lowest BCUT2D eigenvalue weighted by atomic mass is 10.2. The van der Waals surface area contributed by atoms with Crippen molar-refractivity contribution in [2.24, 2.45) is 7.05 Å². The number of aryl methyl sites for hydroxylation is 4. The predicted octanol–water partition coefficient (Wildman–Crippen LogP) is 2.38. The summed E-state index contributed by atoms with van der Waals surface area (Å²) in [5, 5.41) is 7.98. The SMILES string of the molecule is Cc1ccc2c(c1)[nH]c(=S)n2CCc1nncn1C. The molecule has 1 aromatic carbocycles. The molecule has 3 aromatic rings. The van der Waals surface area contributed by atoms with Crippen LogP contribution in [0.4, 0.5) is 0 Å². The molecule has 3 rings (SSSR count). The van der Waals surface area contributed by atoms with Crippen LogP contribution in [-0.2, 0) is 20.0 Å². The molecule has 1 N–H and O–H groups in total. The van der Waals surface area contributed by atoms with E-state index in [-0.39, 0.29) is 0 Å². The first-order chi connectivity index (χ1) is 9.15. The highest BCUT2D eigenvalue weighted by molar-refractivity contribution is 7.71. The van der Waals surface area contributed by atoms with Gasteiger partial charge in [0, 0.05) is 20.0 Å². The molecular formula is C13H15N5S. The number of aromatic amines is 1. The summed E-state index contributed by atoms with van der Waals surface area (Å²) in [6.07, 6.45) is 2.53. The van der Waals surface area contributed by atoms with Crippen LogP contribution in [0.25, 0.3) is 11.0 Å². The van der Waals surface area contributed by atoms with Gasteiger partial charge in [0.25, 0.3) is 0 Å². The first-order valence-corrected chi connectivity index (χ1v) is 6.58. The van der Waals surface area contributed by atoms with Crippen LogP contribution in [0.15, 0.2) is 24.5 Å². The second-order valence-corrected chi connectivity index (χ2v) is 5.10. The van der Waals surface area contributed by atoms with E-state index in [1.54, 1.807) is 6.33 Å². The molecule has 0 unspecified atom stereocenters. The number of nitrogens with one attached hydrogen (secondary N) is 1. The third kappa shape index (κ3) is 2.19. The van der Waals surface area contributed by atoms with Crippen LogP contribution in [0, 0.1) is 11.7 Å². The molecule has 0 aliphatic heterocycles. The van der Waals surface area contributed by atoms with E-state index >= 15 is 0 Å². The average molecular weight is 273 g/mol. The lowest BCUT2D eigenvalue weighted by Crippen LogP contribution is -2.05. The topological polar surface area (TPSA) is 51.4 Å². The summed E-state index contributed by atoms with van der Waals surface area (Å²) in [4.78, 5) is 3.25.